The van der Waals surface area contributed by atoms with E-state index in [0.717, 1.165) is 31.2 Å². The first-order chi connectivity index (χ1) is 11.5. The minimum atomic E-state index is -0.811. The molecule has 3 N–H and O–H groups in total. The maximum atomic E-state index is 11.7. The molecule has 0 aromatic carbocycles. The number of furan rings is 1. The van der Waals surface area contributed by atoms with Gasteiger partial charge in [0.1, 0.15) is 11.9 Å². The number of piperidine rings is 1. The van der Waals surface area contributed by atoms with Crippen LogP contribution >= 0.6 is 0 Å². The molecule has 0 bridgehead atoms. The standard InChI is InChI=1S/C18H31N3O3/c1-14-10-15(2)13-21(12-14)8-4-3-7-19-18(23)20-11-16(22)17-6-5-9-24-17/h5-6,9,14-16,22H,3-4,7-8,10-13H2,1-2H3,(H2,19,20,23). The lowest BCUT2D eigenvalue weighted by atomic mass is 9.92. The van der Waals surface area contributed by atoms with Crippen LogP contribution in [0.4, 0.5) is 4.79 Å². The van der Waals surface area contributed by atoms with Gasteiger partial charge in [-0.15, -0.1) is 0 Å². The summed E-state index contributed by atoms with van der Waals surface area (Å²) in [7, 11) is 0. The molecule has 136 valence electrons. The number of nitrogens with zero attached hydrogens (tertiary/aromatic N) is 1. The van der Waals surface area contributed by atoms with Crippen LogP contribution in [-0.4, -0.2) is 48.8 Å². The topological polar surface area (TPSA) is 77.7 Å². The van der Waals surface area contributed by atoms with E-state index in [1.165, 1.54) is 25.8 Å². The van der Waals surface area contributed by atoms with Crippen LogP contribution in [0.25, 0.3) is 0 Å². The molecule has 0 saturated carbocycles. The van der Waals surface area contributed by atoms with E-state index in [4.69, 9.17) is 4.42 Å². The van der Waals surface area contributed by atoms with E-state index in [0.29, 0.717) is 12.3 Å². The maximum Gasteiger partial charge on any atom is 0.314 e. The van der Waals surface area contributed by atoms with Gasteiger partial charge in [-0.2, -0.15) is 0 Å². The Morgan fingerprint density at radius 1 is 1.33 bits per heavy atom. The first kappa shape index (κ1) is 18.8. The lowest BCUT2D eigenvalue weighted by Crippen LogP contribution is -2.40. The fourth-order valence-corrected chi connectivity index (χ4v) is 3.47. The summed E-state index contributed by atoms with van der Waals surface area (Å²) in [5.41, 5.74) is 0. The van der Waals surface area contributed by atoms with E-state index >= 15 is 0 Å². The van der Waals surface area contributed by atoms with Gasteiger partial charge in [-0.1, -0.05) is 13.8 Å². The van der Waals surface area contributed by atoms with Crippen LogP contribution in [-0.2, 0) is 0 Å². The molecule has 0 aliphatic carbocycles. The van der Waals surface area contributed by atoms with Gasteiger partial charge in [-0.3, -0.25) is 0 Å². The Kier molecular flexibility index (Phi) is 7.59. The highest BCUT2D eigenvalue weighted by atomic mass is 16.4. The average Bonchev–Trinajstić information content (AvgIpc) is 3.06. The molecule has 1 aliphatic rings. The third-order valence-electron chi connectivity index (χ3n) is 4.46. The van der Waals surface area contributed by atoms with Gasteiger partial charge in [-0.25, -0.2) is 4.79 Å². The number of carbonyl (C=O) groups excluding carboxylic acids is 1. The van der Waals surface area contributed by atoms with Crippen LogP contribution in [0.15, 0.2) is 22.8 Å². The Bertz CT molecular complexity index is 468. The van der Waals surface area contributed by atoms with E-state index in [2.05, 4.69) is 29.4 Å². The highest BCUT2D eigenvalue weighted by Gasteiger charge is 2.20. The van der Waals surface area contributed by atoms with Gasteiger partial charge in [0.05, 0.1) is 12.8 Å². The molecule has 0 radical (unpaired) electrons. The average molecular weight is 337 g/mol. The summed E-state index contributed by atoms with van der Waals surface area (Å²) >= 11 is 0. The Morgan fingerprint density at radius 2 is 2.08 bits per heavy atom. The summed E-state index contributed by atoms with van der Waals surface area (Å²) in [5.74, 6) is 2.04. The van der Waals surface area contributed by atoms with Crippen molar-refractivity contribution in [3.63, 3.8) is 0 Å². The molecule has 6 nitrogen and oxygen atoms in total. The van der Waals surface area contributed by atoms with Crippen molar-refractivity contribution in [2.24, 2.45) is 11.8 Å². The van der Waals surface area contributed by atoms with Crippen LogP contribution < -0.4 is 10.6 Å². The van der Waals surface area contributed by atoms with Crippen molar-refractivity contribution < 1.29 is 14.3 Å². The molecule has 1 aromatic heterocycles. The number of aliphatic hydroxyl groups excluding tert-OH is 1. The normalized spacial score (nSPS) is 23.0. The van der Waals surface area contributed by atoms with Gasteiger partial charge >= 0.3 is 6.03 Å². The number of amides is 2. The predicted octanol–water partition coefficient (Wildman–Crippen LogP) is 2.37. The molecule has 1 aliphatic heterocycles. The first-order valence-corrected chi connectivity index (χ1v) is 9.00. The quantitative estimate of drug-likeness (QED) is 0.637. The number of carbonyl (C=O) groups is 1. The molecule has 2 heterocycles. The van der Waals surface area contributed by atoms with Gasteiger partial charge in [0.25, 0.3) is 0 Å². The molecule has 3 atom stereocenters. The third-order valence-corrected chi connectivity index (χ3v) is 4.46. The second-order valence-electron chi connectivity index (χ2n) is 7.08. The summed E-state index contributed by atoms with van der Waals surface area (Å²) < 4.78 is 5.09. The van der Waals surface area contributed by atoms with Gasteiger partial charge in [0, 0.05) is 19.6 Å². The lowest BCUT2D eigenvalue weighted by Gasteiger charge is -2.34. The van der Waals surface area contributed by atoms with Crippen molar-refractivity contribution in [2.45, 2.75) is 39.2 Å². The van der Waals surface area contributed by atoms with Crippen LogP contribution in [0.1, 0.15) is 45.0 Å². The molecule has 1 aromatic rings. The second-order valence-corrected chi connectivity index (χ2v) is 7.08. The number of hydrogen-bond acceptors (Lipinski definition) is 4. The third kappa shape index (κ3) is 6.53. The Morgan fingerprint density at radius 3 is 2.75 bits per heavy atom. The number of nitrogens with one attached hydrogen (secondary N) is 2. The first-order valence-electron chi connectivity index (χ1n) is 9.00. The minimum absolute atomic E-state index is 0.142. The summed E-state index contributed by atoms with van der Waals surface area (Å²) in [5, 5.41) is 15.3. The number of rotatable bonds is 8. The van der Waals surface area contributed by atoms with Crippen molar-refractivity contribution in [3.8, 4) is 0 Å². The van der Waals surface area contributed by atoms with Crippen LogP contribution in [0.2, 0.25) is 0 Å². The van der Waals surface area contributed by atoms with Crippen molar-refractivity contribution in [2.75, 3.05) is 32.7 Å². The smallest absolute Gasteiger partial charge is 0.314 e. The number of unbranched alkanes of at least 4 members (excludes halogenated alkanes) is 1. The maximum absolute atomic E-state index is 11.7. The van der Waals surface area contributed by atoms with Gasteiger partial charge < -0.3 is 25.1 Å². The Balaban J connectivity index is 1.50. The molecule has 2 amide bonds. The highest BCUT2D eigenvalue weighted by Crippen LogP contribution is 2.20. The molecule has 6 heteroatoms. The van der Waals surface area contributed by atoms with Crippen molar-refractivity contribution >= 4 is 6.03 Å². The Labute approximate surface area is 144 Å². The zero-order chi connectivity index (χ0) is 17.4. The van der Waals surface area contributed by atoms with Gasteiger partial charge in [0.15, 0.2) is 0 Å². The molecule has 0 spiro atoms. The molecule has 1 fully saturated rings. The fraction of sp³-hybridized carbons (Fsp3) is 0.722. The van der Waals surface area contributed by atoms with Crippen molar-refractivity contribution in [1.29, 1.82) is 0 Å². The number of hydrogen-bond donors (Lipinski definition) is 3. The largest absolute Gasteiger partial charge is 0.467 e. The SMILES string of the molecule is CC1CC(C)CN(CCCCNC(=O)NCC(O)c2ccco2)C1. The van der Waals surface area contributed by atoms with E-state index in [9.17, 15) is 9.90 Å². The number of urea groups is 1. The zero-order valence-electron chi connectivity index (χ0n) is 14.8. The minimum Gasteiger partial charge on any atom is -0.467 e. The number of aliphatic hydroxyl groups is 1. The summed E-state index contributed by atoms with van der Waals surface area (Å²) in [4.78, 5) is 14.2. The van der Waals surface area contributed by atoms with Crippen molar-refractivity contribution in [3.05, 3.63) is 24.2 Å². The predicted molar refractivity (Wildman–Crippen MR) is 93.7 cm³/mol. The van der Waals surface area contributed by atoms with E-state index in [1.807, 2.05) is 0 Å². The lowest BCUT2D eigenvalue weighted by molar-refractivity contribution is 0.139. The summed E-state index contributed by atoms with van der Waals surface area (Å²) in [6.45, 7) is 8.95. The van der Waals surface area contributed by atoms with Gasteiger partial charge in [0.2, 0.25) is 0 Å². The molecule has 24 heavy (non-hydrogen) atoms. The molecule has 2 rings (SSSR count). The highest BCUT2D eigenvalue weighted by molar-refractivity contribution is 5.73. The van der Waals surface area contributed by atoms with E-state index < -0.39 is 6.10 Å². The Hall–Kier alpha value is -1.53. The zero-order valence-corrected chi connectivity index (χ0v) is 14.8. The van der Waals surface area contributed by atoms with Crippen LogP contribution in [0.5, 0.6) is 0 Å². The molecular formula is C18H31N3O3. The van der Waals surface area contributed by atoms with Crippen LogP contribution in [0.3, 0.4) is 0 Å². The number of likely N-dealkylation sites (tertiary alicyclic amines) is 1. The fourth-order valence-electron chi connectivity index (χ4n) is 3.47. The van der Waals surface area contributed by atoms with Crippen molar-refractivity contribution in [1.82, 2.24) is 15.5 Å². The molecule has 1 saturated heterocycles. The van der Waals surface area contributed by atoms with Crippen LogP contribution in [0, 0.1) is 11.8 Å². The summed E-state index contributed by atoms with van der Waals surface area (Å²) in [6.07, 6.45) is 4.08. The molecule has 3 unspecified atom stereocenters. The second kappa shape index (κ2) is 9.69. The summed E-state index contributed by atoms with van der Waals surface area (Å²) in [6, 6.07) is 3.15. The molecular weight excluding hydrogens is 306 g/mol. The van der Waals surface area contributed by atoms with E-state index in [1.54, 1.807) is 12.1 Å². The van der Waals surface area contributed by atoms with Gasteiger partial charge in [-0.05, 0) is 49.8 Å². The van der Waals surface area contributed by atoms with E-state index in [-0.39, 0.29) is 12.6 Å². The monoisotopic (exact) mass is 337 g/mol.